The number of hydrogen-bond donors (Lipinski definition) is 0. The van der Waals surface area contributed by atoms with Crippen LogP contribution in [0.5, 0.6) is 0 Å². The van der Waals surface area contributed by atoms with Crippen LogP contribution in [-0.2, 0) is 0 Å². The van der Waals surface area contributed by atoms with Crippen molar-refractivity contribution in [3.05, 3.63) is 96.3 Å². The Bertz CT molecular complexity index is 670. The van der Waals surface area contributed by atoms with E-state index in [0.717, 1.165) is 0 Å². The maximum absolute atomic E-state index is 2.26. The number of benzene rings is 2. The van der Waals surface area contributed by atoms with Crippen LogP contribution in [0.2, 0.25) is 0 Å². The zero-order chi connectivity index (χ0) is 15.4. The molecule has 0 aliphatic rings. The molecule has 2 aromatic carbocycles. The van der Waals surface area contributed by atoms with Crippen molar-refractivity contribution < 1.29 is 21.5 Å². The summed E-state index contributed by atoms with van der Waals surface area (Å²) < 4.78 is 2.26. The second-order valence-corrected chi connectivity index (χ2v) is 5.62. The molecule has 118 valence electrons. The average Bonchev–Trinajstić information content (AvgIpc) is 2.57. The van der Waals surface area contributed by atoms with Gasteiger partial charge in [0, 0.05) is 43.0 Å². The van der Waals surface area contributed by atoms with Crippen molar-refractivity contribution in [3.63, 3.8) is 0 Å². The molecule has 0 bridgehead atoms. The number of aromatic nitrogens is 1. The molecular formula is C20H21BrN2. The van der Waals surface area contributed by atoms with E-state index < -0.39 is 0 Å². The molecule has 0 saturated heterocycles. The molecule has 0 spiro atoms. The van der Waals surface area contributed by atoms with Crippen LogP contribution in [0.3, 0.4) is 0 Å². The molecule has 3 rings (SSSR count). The lowest BCUT2D eigenvalue weighted by Crippen LogP contribution is -3.00. The van der Waals surface area contributed by atoms with Gasteiger partial charge in [-0.1, -0.05) is 60.7 Å². The Morgan fingerprint density at radius 2 is 1.13 bits per heavy atom. The molecular weight excluding hydrogens is 348 g/mol. The maximum Gasteiger partial charge on any atom is 0.208 e. The zero-order valence-electron chi connectivity index (χ0n) is 13.4. The molecule has 0 radical (unpaired) electrons. The van der Waals surface area contributed by atoms with Crippen LogP contribution in [0, 0.1) is 0 Å². The Morgan fingerprint density at radius 1 is 0.696 bits per heavy atom. The number of rotatable bonds is 4. The SMILES string of the molecule is CN(C)c1cc[n+](C(c2ccccc2)c2ccccc2)cc1.[Br-]. The fourth-order valence-corrected chi connectivity index (χ4v) is 2.71. The Kier molecular flexibility index (Phi) is 5.94. The molecule has 1 aromatic heterocycles. The molecule has 3 aromatic rings. The van der Waals surface area contributed by atoms with E-state index in [1.54, 1.807) is 0 Å². The largest absolute Gasteiger partial charge is 1.00 e. The van der Waals surface area contributed by atoms with E-state index in [2.05, 4.69) is 109 Å². The monoisotopic (exact) mass is 368 g/mol. The highest BCUT2D eigenvalue weighted by molar-refractivity contribution is 5.41. The van der Waals surface area contributed by atoms with Crippen molar-refractivity contribution in [2.75, 3.05) is 19.0 Å². The van der Waals surface area contributed by atoms with Gasteiger partial charge < -0.3 is 21.9 Å². The van der Waals surface area contributed by atoms with E-state index in [1.807, 2.05) is 0 Å². The molecule has 0 aliphatic carbocycles. The highest BCUT2D eigenvalue weighted by atomic mass is 79.9. The molecule has 0 N–H and O–H groups in total. The first-order chi connectivity index (χ1) is 10.8. The van der Waals surface area contributed by atoms with E-state index in [9.17, 15) is 0 Å². The summed E-state index contributed by atoms with van der Waals surface area (Å²) in [6.07, 6.45) is 4.31. The molecule has 0 aliphatic heterocycles. The predicted molar refractivity (Wildman–Crippen MR) is 91.1 cm³/mol. The molecule has 2 nitrogen and oxygen atoms in total. The minimum atomic E-state index is 0. The predicted octanol–water partition coefficient (Wildman–Crippen LogP) is 0.682. The highest BCUT2D eigenvalue weighted by Gasteiger charge is 2.22. The molecule has 0 atom stereocenters. The second-order valence-electron chi connectivity index (χ2n) is 5.62. The first-order valence-electron chi connectivity index (χ1n) is 7.54. The van der Waals surface area contributed by atoms with E-state index in [-0.39, 0.29) is 23.0 Å². The van der Waals surface area contributed by atoms with Crippen molar-refractivity contribution in [2.24, 2.45) is 0 Å². The van der Waals surface area contributed by atoms with Crippen LogP contribution in [0.1, 0.15) is 17.2 Å². The van der Waals surface area contributed by atoms with Gasteiger partial charge in [0.1, 0.15) is 0 Å². The van der Waals surface area contributed by atoms with E-state index in [4.69, 9.17) is 0 Å². The van der Waals surface area contributed by atoms with Gasteiger partial charge in [0.25, 0.3) is 0 Å². The summed E-state index contributed by atoms with van der Waals surface area (Å²) in [5, 5.41) is 0. The summed E-state index contributed by atoms with van der Waals surface area (Å²) in [4.78, 5) is 2.12. The van der Waals surface area contributed by atoms with Crippen molar-refractivity contribution in [1.82, 2.24) is 0 Å². The number of halogens is 1. The number of hydrogen-bond acceptors (Lipinski definition) is 1. The van der Waals surface area contributed by atoms with Gasteiger partial charge >= 0.3 is 0 Å². The summed E-state index contributed by atoms with van der Waals surface area (Å²) in [6.45, 7) is 0. The van der Waals surface area contributed by atoms with Crippen LogP contribution in [0.4, 0.5) is 5.69 Å². The number of pyridine rings is 1. The van der Waals surface area contributed by atoms with Crippen LogP contribution in [0.15, 0.2) is 85.2 Å². The Labute approximate surface area is 148 Å². The van der Waals surface area contributed by atoms with Gasteiger partial charge in [-0.05, 0) is 0 Å². The molecule has 1 heterocycles. The average molecular weight is 369 g/mol. The standard InChI is InChI=1S/C20H21N2.BrH/c1-21(2)19-13-15-22(16-14-19)20(17-9-5-3-6-10-17)18-11-7-4-8-12-18;/h3-16,20H,1-2H3;1H/q+1;/p-1. The zero-order valence-corrected chi connectivity index (χ0v) is 15.0. The quantitative estimate of drug-likeness (QED) is 0.614. The summed E-state index contributed by atoms with van der Waals surface area (Å²) in [6, 6.07) is 25.7. The van der Waals surface area contributed by atoms with Gasteiger partial charge in [-0.3, -0.25) is 0 Å². The van der Waals surface area contributed by atoms with E-state index >= 15 is 0 Å². The maximum atomic E-state index is 2.26. The first-order valence-corrected chi connectivity index (χ1v) is 7.54. The van der Waals surface area contributed by atoms with Gasteiger partial charge in [0.2, 0.25) is 6.04 Å². The summed E-state index contributed by atoms with van der Waals surface area (Å²) in [7, 11) is 4.12. The Hall–Kier alpha value is -2.13. The Morgan fingerprint density at radius 3 is 1.52 bits per heavy atom. The van der Waals surface area contributed by atoms with Crippen molar-refractivity contribution in [1.29, 1.82) is 0 Å². The van der Waals surface area contributed by atoms with Gasteiger partial charge in [0.05, 0.1) is 0 Å². The smallest absolute Gasteiger partial charge is 0.208 e. The lowest BCUT2D eigenvalue weighted by atomic mass is 9.98. The molecule has 3 heteroatoms. The lowest BCUT2D eigenvalue weighted by molar-refractivity contribution is -0.704. The highest BCUT2D eigenvalue weighted by Crippen LogP contribution is 2.21. The molecule has 0 amide bonds. The molecule has 0 fully saturated rings. The Balaban J connectivity index is 0.00000192. The normalized spacial score (nSPS) is 10.2. The van der Waals surface area contributed by atoms with E-state index in [1.165, 1.54) is 16.8 Å². The third-order valence-electron chi connectivity index (χ3n) is 3.88. The molecule has 0 saturated carbocycles. The topological polar surface area (TPSA) is 7.12 Å². The molecule has 23 heavy (non-hydrogen) atoms. The summed E-state index contributed by atoms with van der Waals surface area (Å²) in [5.74, 6) is 0. The third kappa shape index (κ3) is 3.99. The second kappa shape index (κ2) is 7.93. The van der Waals surface area contributed by atoms with Crippen LogP contribution >= 0.6 is 0 Å². The molecule has 0 unspecified atom stereocenters. The lowest BCUT2D eigenvalue weighted by Gasteiger charge is -2.15. The fraction of sp³-hybridized carbons (Fsp3) is 0.150. The van der Waals surface area contributed by atoms with Gasteiger partial charge in [-0.2, -0.15) is 4.57 Å². The summed E-state index contributed by atoms with van der Waals surface area (Å²) in [5.41, 5.74) is 3.78. The van der Waals surface area contributed by atoms with Crippen molar-refractivity contribution >= 4 is 5.69 Å². The van der Waals surface area contributed by atoms with E-state index in [0.29, 0.717) is 0 Å². The van der Waals surface area contributed by atoms with Crippen molar-refractivity contribution in [3.8, 4) is 0 Å². The summed E-state index contributed by atoms with van der Waals surface area (Å²) >= 11 is 0. The minimum Gasteiger partial charge on any atom is -1.00 e. The fourth-order valence-electron chi connectivity index (χ4n) is 2.71. The third-order valence-corrected chi connectivity index (χ3v) is 3.88. The van der Waals surface area contributed by atoms with Crippen molar-refractivity contribution in [2.45, 2.75) is 6.04 Å². The van der Waals surface area contributed by atoms with Gasteiger partial charge in [-0.15, -0.1) is 0 Å². The van der Waals surface area contributed by atoms with Gasteiger partial charge in [0.15, 0.2) is 12.4 Å². The van der Waals surface area contributed by atoms with Crippen LogP contribution in [0.25, 0.3) is 0 Å². The van der Waals surface area contributed by atoms with Crippen LogP contribution in [-0.4, -0.2) is 14.1 Å². The number of anilines is 1. The van der Waals surface area contributed by atoms with Gasteiger partial charge in [-0.25, -0.2) is 0 Å². The number of nitrogens with zero attached hydrogens (tertiary/aromatic N) is 2. The minimum absolute atomic E-state index is 0. The van der Waals surface area contributed by atoms with Crippen LogP contribution < -0.4 is 26.4 Å². The first kappa shape index (κ1) is 17.2.